The van der Waals surface area contributed by atoms with E-state index in [9.17, 15) is 9.59 Å². The summed E-state index contributed by atoms with van der Waals surface area (Å²) < 4.78 is 17.3. The minimum Gasteiger partial charge on any atom is -0.439 e. The summed E-state index contributed by atoms with van der Waals surface area (Å²) >= 11 is 0. The third-order valence-electron chi connectivity index (χ3n) is 5.12. The minimum atomic E-state index is -1.68. The molecule has 2 atom stereocenters. The zero-order chi connectivity index (χ0) is 20.0. The summed E-state index contributed by atoms with van der Waals surface area (Å²) in [5, 5.41) is 3.11. The number of nitrogens with one attached hydrogen (secondary N) is 1. The highest BCUT2D eigenvalue weighted by Gasteiger charge is 2.63. The van der Waals surface area contributed by atoms with Crippen molar-refractivity contribution < 1.29 is 23.8 Å². The highest BCUT2D eigenvalue weighted by Crippen LogP contribution is 2.45. The van der Waals surface area contributed by atoms with E-state index in [2.05, 4.69) is 10.3 Å². The van der Waals surface area contributed by atoms with E-state index in [-0.39, 0.29) is 0 Å². The van der Waals surface area contributed by atoms with E-state index in [1.807, 2.05) is 60.4 Å². The molecular weight excluding hydrogens is 374 g/mol. The number of rotatable bonds is 3. The van der Waals surface area contributed by atoms with E-state index in [1.165, 1.54) is 0 Å². The van der Waals surface area contributed by atoms with Gasteiger partial charge < -0.3 is 24.4 Å². The van der Waals surface area contributed by atoms with Gasteiger partial charge in [0, 0.05) is 13.1 Å². The molecule has 1 N–H and O–H groups in total. The van der Waals surface area contributed by atoms with Crippen molar-refractivity contribution in [3.05, 3.63) is 59.7 Å². The van der Waals surface area contributed by atoms with Crippen LogP contribution in [0.5, 0.6) is 5.75 Å². The molecule has 148 valence electrons. The Morgan fingerprint density at radius 1 is 1.14 bits per heavy atom. The lowest BCUT2D eigenvalue weighted by Gasteiger charge is -2.49. The molecule has 29 heavy (non-hydrogen) atoms. The standard InChI is InChI=1S/C21H19N3O5/c1-13-7-8-16-15(11-13)24(12-14-5-3-2-4-6-14)20-21(28-16,19-22-9-10-23-19)29-18(26)17(25)27-20/h2-8,11,20H,9-10,12H2,1H3,(H,22,23). The molecule has 0 amide bonds. The molecule has 2 aromatic rings. The fourth-order valence-corrected chi connectivity index (χ4v) is 3.82. The molecule has 3 aliphatic rings. The van der Waals surface area contributed by atoms with Crippen molar-refractivity contribution in [2.75, 3.05) is 18.0 Å². The highest BCUT2D eigenvalue weighted by atomic mass is 16.8. The van der Waals surface area contributed by atoms with Crippen molar-refractivity contribution in [1.29, 1.82) is 0 Å². The van der Waals surface area contributed by atoms with Crippen LogP contribution in [0.3, 0.4) is 0 Å². The van der Waals surface area contributed by atoms with E-state index in [0.717, 1.165) is 16.8 Å². The van der Waals surface area contributed by atoms with Crippen molar-refractivity contribution in [2.45, 2.75) is 25.5 Å². The fraction of sp³-hybridized carbons (Fsp3) is 0.286. The zero-order valence-corrected chi connectivity index (χ0v) is 15.8. The Hall–Kier alpha value is -3.55. The van der Waals surface area contributed by atoms with E-state index in [1.54, 1.807) is 0 Å². The Morgan fingerprint density at radius 2 is 1.97 bits per heavy atom. The lowest BCUT2D eigenvalue weighted by Crippen LogP contribution is -2.71. The second kappa shape index (κ2) is 6.51. The Bertz CT molecular complexity index is 1020. The molecule has 0 bridgehead atoms. The molecule has 5 rings (SSSR count). The molecule has 1 saturated heterocycles. The molecule has 3 aliphatic heterocycles. The number of ether oxygens (including phenoxy) is 3. The van der Waals surface area contributed by atoms with Gasteiger partial charge in [-0.05, 0) is 30.2 Å². The molecule has 2 aromatic carbocycles. The molecule has 0 aromatic heterocycles. The second-order valence-electron chi connectivity index (χ2n) is 7.16. The van der Waals surface area contributed by atoms with Gasteiger partial charge in [-0.3, -0.25) is 4.99 Å². The number of aryl methyl sites for hydroxylation is 1. The van der Waals surface area contributed by atoms with Gasteiger partial charge in [-0.15, -0.1) is 0 Å². The SMILES string of the molecule is Cc1ccc2c(c1)N(Cc1ccccc1)C1OC(=O)C(=O)OC1(C1=NCCN1)O2. The zero-order valence-electron chi connectivity index (χ0n) is 15.8. The lowest BCUT2D eigenvalue weighted by atomic mass is 10.0. The van der Waals surface area contributed by atoms with Crippen LogP contribution in [0, 0.1) is 6.92 Å². The van der Waals surface area contributed by atoms with Crippen LogP contribution in [-0.2, 0) is 25.6 Å². The summed E-state index contributed by atoms with van der Waals surface area (Å²) in [6, 6.07) is 15.5. The Balaban J connectivity index is 1.67. The molecule has 3 heterocycles. The molecule has 2 unspecified atom stereocenters. The first kappa shape index (κ1) is 17.5. The van der Waals surface area contributed by atoms with Gasteiger partial charge >= 0.3 is 17.7 Å². The second-order valence-corrected chi connectivity index (χ2v) is 7.16. The normalized spacial score (nSPS) is 25.1. The summed E-state index contributed by atoms with van der Waals surface area (Å²) in [5.74, 6) is -2.98. The Labute approximate surface area is 167 Å². The smallest absolute Gasteiger partial charge is 0.421 e. The summed E-state index contributed by atoms with van der Waals surface area (Å²) in [6.07, 6.45) is -1.02. The van der Waals surface area contributed by atoms with Gasteiger partial charge in [0.1, 0.15) is 5.75 Å². The predicted molar refractivity (Wildman–Crippen MR) is 103 cm³/mol. The monoisotopic (exact) mass is 393 g/mol. The fourth-order valence-electron chi connectivity index (χ4n) is 3.82. The van der Waals surface area contributed by atoms with Crippen LogP contribution in [0.4, 0.5) is 5.69 Å². The van der Waals surface area contributed by atoms with Crippen molar-refractivity contribution in [3.8, 4) is 5.75 Å². The van der Waals surface area contributed by atoms with Gasteiger partial charge in [0.2, 0.25) is 0 Å². The maximum Gasteiger partial charge on any atom is 0.421 e. The van der Waals surface area contributed by atoms with Crippen molar-refractivity contribution in [2.24, 2.45) is 4.99 Å². The number of nitrogens with zero attached hydrogens (tertiary/aromatic N) is 2. The molecule has 0 saturated carbocycles. The summed E-state index contributed by atoms with van der Waals surface area (Å²) in [4.78, 5) is 30.6. The number of fused-ring (bicyclic) bond motifs is 2. The van der Waals surface area contributed by atoms with Crippen molar-refractivity contribution in [1.82, 2.24) is 5.32 Å². The van der Waals surface area contributed by atoms with E-state index in [4.69, 9.17) is 14.2 Å². The van der Waals surface area contributed by atoms with Crippen LogP contribution in [0.15, 0.2) is 53.5 Å². The van der Waals surface area contributed by atoms with Gasteiger partial charge in [0.15, 0.2) is 5.84 Å². The minimum absolute atomic E-state index is 0.340. The first-order valence-corrected chi connectivity index (χ1v) is 9.40. The maximum atomic E-state index is 12.2. The average Bonchev–Trinajstić information content (AvgIpc) is 3.26. The Morgan fingerprint density at radius 3 is 2.72 bits per heavy atom. The van der Waals surface area contributed by atoms with Gasteiger partial charge in [-0.2, -0.15) is 0 Å². The molecule has 8 nitrogen and oxygen atoms in total. The third-order valence-corrected chi connectivity index (χ3v) is 5.12. The first-order chi connectivity index (χ1) is 14.1. The quantitative estimate of drug-likeness (QED) is 0.625. The number of esters is 2. The van der Waals surface area contributed by atoms with Crippen molar-refractivity contribution in [3.63, 3.8) is 0 Å². The molecule has 0 aliphatic carbocycles. The van der Waals surface area contributed by atoms with Crippen LogP contribution in [0.2, 0.25) is 0 Å². The molecular formula is C21H19N3O5. The molecule has 0 spiro atoms. The molecule has 1 fully saturated rings. The predicted octanol–water partition coefficient (Wildman–Crippen LogP) is 1.52. The largest absolute Gasteiger partial charge is 0.439 e. The number of aliphatic imine (C=N–C) groups is 1. The van der Waals surface area contributed by atoms with Crippen LogP contribution < -0.4 is 15.0 Å². The molecule has 0 radical (unpaired) electrons. The lowest BCUT2D eigenvalue weighted by molar-refractivity contribution is -0.241. The number of carbonyl (C=O) groups is 2. The summed E-state index contributed by atoms with van der Waals surface area (Å²) in [6.45, 7) is 3.49. The van der Waals surface area contributed by atoms with Crippen molar-refractivity contribution >= 4 is 23.5 Å². The number of hydrogen-bond donors (Lipinski definition) is 1. The van der Waals surface area contributed by atoms with E-state index in [0.29, 0.717) is 31.2 Å². The third kappa shape index (κ3) is 2.79. The van der Waals surface area contributed by atoms with Crippen LogP contribution in [-0.4, -0.2) is 42.9 Å². The van der Waals surface area contributed by atoms with Gasteiger partial charge in [0.05, 0.1) is 12.2 Å². The van der Waals surface area contributed by atoms with E-state index < -0.39 is 24.0 Å². The highest BCUT2D eigenvalue weighted by molar-refractivity contribution is 6.31. The van der Waals surface area contributed by atoms with E-state index >= 15 is 0 Å². The van der Waals surface area contributed by atoms with Gasteiger partial charge in [-0.1, -0.05) is 36.4 Å². The average molecular weight is 393 g/mol. The number of anilines is 1. The molecule has 8 heteroatoms. The van der Waals surface area contributed by atoms with Crippen LogP contribution >= 0.6 is 0 Å². The first-order valence-electron chi connectivity index (χ1n) is 9.40. The maximum absolute atomic E-state index is 12.2. The number of hydrogen-bond acceptors (Lipinski definition) is 8. The number of benzene rings is 2. The number of carbonyl (C=O) groups excluding carboxylic acids is 2. The summed E-state index contributed by atoms with van der Waals surface area (Å²) in [7, 11) is 0. The topological polar surface area (TPSA) is 89.5 Å². The summed E-state index contributed by atoms with van der Waals surface area (Å²) in [5.41, 5.74) is 2.78. The Kier molecular flexibility index (Phi) is 3.94. The van der Waals surface area contributed by atoms with Crippen LogP contribution in [0.1, 0.15) is 11.1 Å². The van der Waals surface area contributed by atoms with Crippen LogP contribution in [0.25, 0.3) is 0 Å². The number of amidine groups is 1. The van der Waals surface area contributed by atoms with Gasteiger partial charge in [-0.25, -0.2) is 9.59 Å². The van der Waals surface area contributed by atoms with Gasteiger partial charge in [0.25, 0.3) is 6.23 Å².